The molecule has 1 amide bonds. The fourth-order valence-electron chi connectivity index (χ4n) is 4.36. The van der Waals surface area contributed by atoms with Crippen LogP contribution in [0.2, 0.25) is 0 Å². The summed E-state index contributed by atoms with van der Waals surface area (Å²) in [6, 6.07) is 5.22. The van der Waals surface area contributed by atoms with E-state index in [1.807, 2.05) is 47.7 Å². The van der Waals surface area contributed by atoms with Gasteiger partial charge in [-0.1, -0.05) is 17.7 Å². The number of fused-ring (bicyclic) bond motifs is 3. The number of carbonyl (C=O) groups is 1. The number of benzene rings is 1. The first-order valence-corrected chi connectivity index (χ1v) is 11.0. The van der Waals surface area contributed by atoms with Crippen LogP contribution in [0, 0.1) is 0 Å². The van der Waals surface area contributed by atoms with Gasteiger partial charge in [-0.25, -0.2) is 15.0 Å². The van der Waals surface area contributed by atoms with E-state index in [-0.39, 0.29) is 18.0 Å². The zero-order valence-electron chi connectivity index (χ0n) is 17.7. The Kier molecular flexibility index (Phi) is 5.71. The van der Waals surface area contributed by atoms with E-state index < -0.39 is 0 Å². The van der Waals surface area contributed by atoms with Gasteiger partial charge in [0.1, 0.15) is 24.7 Å². The summed E-state index contributed by atoms with van der Waals surface area (Å²) in [4.78, 5) is 29.6. The first-order chi connectivity index (χ1) is 15.6. The number of hydrogen-bond acceptors (Lipinski definition) is 7. The average molecular weight is 454 g/mol. The standard InChI is InChI=1S/C23H24ClN5O3/c1-31-29-20-7-4-16(24)11-15(20)13-28-9-2-3-21(28)23(30)25-8-10-32-17-5-6-19-18(12-17)22(29)27-14-26-19/h2,5-6,9,11-14,20-21H,3-4,7-8,10H2,1H3,(H,25,30)/b15-13+. The van der Waals surface area contributed by atoms with Crippen molar-refractivity contribution in [3.63, 3.8) is 0 Å². The van der Waals surface area contributed by atoms with Gasteiger partial charge in [-0.15, -0.1) is 0 Å². The number of nitrogens with zero attached hydrogens (tertiary/aromatic N) is 4. The van der Waals surface area contributed by atoms with Crippen LogP contribution in [0.1, 0.15) is 19.3 Å². The molecule has 5 rings (SSSR count). The highest BCUT2D eigenvalue weighted by Crippen LogP contribution is 2.35. The van der Waals surface area contributed by atoms with Gasteiger partial charge in [-0.2, -0.15) is 0 Å². The van der Waals surface area contributed by atoms with Crippen LogP contribution in [0.5, 0.6) is 5.75 Å². The number of amides is 1. The SMILES string of the molecule is CON1c2ncnc3ccc(cc23)OCCNC(=O)C2CC=CN2/C=C2\C=C(Cl)CCC21. The van der Waals surface area contributed by atoms with Crippen LogP contribution in [-0.4, -0.2) is 53.1 Å². The highest BCUT2D eigenvalue weighted by atomic mass is 35.5. The summed E-state index contributed by atoms with van der Waals surface area (Å²) in [5.74, 6) is 1.30. The van der Waals surface area contributed by atoms with E-state index in [0.29, 0.717) is 31.1 Å². The fourth-order valence-corrected chi connectivity index (χ4v) is 4.60. The molecule has 2 aliphatic heterocycles. The Morgan fingerprint density at radius 1 is 1.28 bits per heavy atom. The molecule has 8 nitrogen and oxygen atoms in total. The summed E-state index contributed by atoms with van der Waals surface area (Å²) in [7, 11) is 1.63. The van der Waals surface area contributed by atoms with E-state index in [1.54, 1.807) is 12.2 Å². The maximum Gasteiger partial charge on any atom is 0.243 e. The molecule has 3 aliphatic rings. The molecular weight excluding hydrogens is 430 g/mol. The minimum atomic E-state index is -0.315. The lowest BCUT2D eigenvalue weighted by molar-refractivity contribution is -0.124. The average Bonchev–Trinajstić information content (AvgIpc) is 3.26. The summed E-state index contributed by atoms with van der Waals surface area (Å²) in [6.45, 7) is 0.769. The summed E-state index contributed by atoms with van der Waals surface area (Å²) in [5, 5.41) is 6.37. The number of nitrogens with one attached hydrogen (secondary N) is 1. The van der Waals surface area contributed by atoms with Crippen LogP contribution in [-0.2, 0) is 9.63 Å². The molecule has 2 bridgehead atoms. The highest BCUT2D eigenvalue weighted by Gasteiger charge is 2.31. The van der Waals surface area contributed by atoms with Crippen LogP contribution < -0.4 is 15.1 Å². The molecule has 9 heteroatoms. The molecule has 1 aliphatic carbocycles. The van der Waals surface area contributed by atoms with E-state index >= 15 is 0 Å². The van der Waals surface area contributed by atoms with Crippen molar-refractivity contribution in [2.24, 2.45) is 0 Å². The topological polar surface area (TPSA) is 79.8 Å². The molecule has 166 valence electrons. The zero-order valence-corrected chi connectivity index (χ0v) is 18.5. The molecule has 3 heterocycles. The molecule has 0 radical (unpaired) electrons. The van der Waals surface area contributed by atoms with Crippen molar-refractivity contribution in [2.75, 3.05) is 25.3 Å². The predicted octanol–water partition coefficient (Wildman–Crippen LogP) is 3.26. The van der Waals surface area contributed by atoms with Crippen molar-refractivity contribution in [1.82, 2.24) is 20.2 Å². The summed E-state index contributed by atoms with van der Waals surface area (Å²) < 4.78 is 5.89. The van der Waals surface area contributed by atoms with E-state index in [9.17, 15) is 4.79 Å². The third-order valence-corrected chi connectivity index (χ3v) is 6.20. The second-order valence-corrected chi connectivity index (χ2v) is 8.37. The number of ether oxygens (including phenoxy) is 1. The first-order valence-electron chi connectivity index (χ1n) is 10.6. The van der Waals surface area contributed by atoms with Crippen molar-refractivity contribution >= 4 is 34.2 Å². The summed E-state index contributed by atoms with van der Waals surface area (Å²) >= 11 is 6.43. The molecule has 0 saturated heterocycles. The molecule has 0 spiro atoms. The maximum absolute atomic E-state index is 12.8. The lowest BCUT2D eigenvalue weighted by atomic mass is 9.95. The van der Waals surface area contributed by atoms with Crippen LogP contribution in [0.4, 0.5) is 5.82 Å². The Labute approximate surface area is 191 Å². The van der Waals surface area contributed by atoms with Crippen LogP contribution >= 0.6 is 11.6 Å². The minimum absolute atomic E-state index is 0.0408. The Morgan fingerprint density at radius 3 is 3.06 bits per heavy atom. The van der Waals surface area contributed by atoms with Crippen molar-refractivity contribution < 1.29 is 14.4 Å². The van der Waals surface area contributed by atoms with Crippen molar-refractivity contribution in [1.29, 1.82) is 0 Å². The van der Waals surface area contributed by atoms with E-state index in [0.717, 1.165) is 34.3 Å². The summed E-state index contributed by atoms with van der Waals surface area (Å²) in [6.07, 6.45) is 11.5. The normalized spacial score (nSPS) is 25.1. The van der Waals surface area contributed by atoms with Crippen molar-refractivity contribution in [3.8, 4) is 5.75 Å². The zero-order chi connectivity index (χ0) is 22.1. The molecule has 1 aromatic heterocycles. The second-order valence-electron chi connectivity index (χ2n) is 7.88. The predicted molar refractivity (Wildman–Crippen MR) is 122 cm³/mol. The largest absolute Gasteiger partial charge is 0.492 e. The quantitative estimate of drug-likeness (QED) is 0.709. The van der Waals surface area contributed by atoms with Gasteiger partial charge in [0, 0.05) is 22.8 Å². The fraction of sp³-hybridized carbons (Fsp3) is 0.348. The molecule has 0 saturated carbocycles. The highest BCUT2D eigenvalue weighted by molar-refractivity contribution is 6.29. The number of hydroxylamine groups is 1. The van der Waals surface area contributed by atoms with Crippen molar-refractivity contribution in [3.05, 3.63) is 59.7 Å². The Morgan fingerprint density at radius 2 is 2.19 bits per heavy atom. The third-order valence-electron chi connectivity index (χ3n) is 5.91. The molecular formula is C23H24ClN5O3. The number of halogens is 1. The molecule has 1 N–H and O–H groups in total. The van der Waals surface area contributed by atoms with Crippen LogP contribution in [0.25, 0.3) is 10.9 Å². The number of hydrogen-bond donors (Lipinski definition) is 1. The van der Waals surface area contributed by atoms with Gasteiger partial charge < -0.3 is 15.0 Å². The van der Waals surface area contributed by atoms with Gasteiger partial charge in [0.15, 0.2) is 5.82 Å². The minimum Gasteiger partial charge on any atom is -0.492 e. The molecule has 1 aromatic carbocycles. The third kappa shape index (κ3) is 3.91. The van der Waals surface area contributed by atoms with Crippen LogP contribution in [0.15, 0.2) is 59.7 Å². The van der Waals surface area contributed by atoms with Gasteiger partial charge in [0.2, 0.25) is 5.91 Å². The Hall–Kier alpha value is -3.10. The van der Waals surface area contributed by atoms with E-state index in [4.69, 9.17) is 21.2 Å². The molecule has 2 unspecified atom stereocenters. The number of anilines is 1. The van der Waals surface area contributed by atoms with Gasteiger partial charge >= 0.3 is 0 Å². The summed E-state index contributed by atoms with van der Waals surface area (Å²) in [5.41, 5.74) is 1.74. The van der Waals surface area contributed by atoms with E-state index in [1.165, 1.54) is 6.33 Å². The van der Waals surface area contributed by atoms with Crippen LogP contribution in [0.3, 0.4) is 0 Å². The number of allylic oxidation sites excluding steroid dienone is 1. The number of rotatable bonds is 1. The number of aromatic nitrogens is 2. The van der Waals surface area contributed by atoms with Gasteiger partial charge in [0.05, 0.1) is 25.2 Å². The van der Waals surface area contributed by atoms with Gasteiger partial charge in [-0.05, 0) is 49.1 Å². The lowest BCUT2D eigenvalue weighted by Crippen LogP contribution is -2.43. The van der Waals surface area contributed by atoms with E-state index in [2.05, 4.69) is 15.3 Å². The Bertz CT molecular complexity index is 1130. The first kappa shape index (κ1) is 20.8. The molecule has 2 atom stereocenters. The molecule has 32 heavy (non-hydrogen) atoms. The second kappa shape index (κ2) is 8.80. The Balaban J connectivity index is 1.65. The van der Waals surface area contributed by atoms with Gasteiger partial charge in [-0.3, -0.25) is 9.63 Å². The molecule has 2 aromatic rings. The molecule has 0 fully saturated rings. The maximum atomic E-state index is 12.8. The van der Waals surface area contributed by atoms with Crippen molar-refractivity contribution in [2.45, 2.75) is 31.3 Å². The lowest BCUT2D eigenvalue weighted by Gasteiger charge is -2.35. The number of carbonyl (C=O) groups excluding carboxylic acids is 1. The van der Waals surface area contributed by atoms with Gasteiger partial charge in [0.25, 0.3) is 0 Å². The monoisotopic (exact) mass is 453 g/mol. The smallest absolute Gasteiger partial charge is 0.243 e.